The Hall–Kier alpha value is -1.55. The number of β-amino-alcohol motifs (C(OH)–C–C–N with tert-alkyl or cyclic N) is 1. The number of amides is 1. The summed E-state index contributed by atoms with van der Waals surface area (Å²) in [4.78, 5) is 13.8. The van der Waals surface area contributed by atoms with Crippen LogP contribution in [0.25, 0.3) is 0 Å². The first-order valence-electron chi connectivity index (χ1n) is 5.81. The normalized spacial score (nSPS) is 23.8. The minimum absolute atomic E-state index is 0.00886. The van der Waals surface area contributed by atoms with Gasteiger partial charge in [-0.3, -0.25) is 4.79 Å². The molecular formula is C13H18N2O2. The lowest BCUT2D eigenvalue weighted by atomic mass is 10.1. The van der Waals surface area contributed by atoms with E-state index in [9.17, 15) is 9.90 Å². The smallest absolute Gasteiger partial charge is 0.253 e. The number of anilines is 1. The molecule has 4 nitrogen and oxygen atoms in total. The zero-order valence-corrected chi connectivity index (χ0v) is 10.2. The number of nitrogens with zero attached hydrogens (tertiary/aromatic N) is 1. The highest BCUT2D eigenvalue weighted by molar-refractivity contribution is 5.94. The van der Waals surface area contributed by atoms with Gasteiger partial charge < -0.3 is 15.3 Å². The van der Waals surface area contributed by atoms with Gasteiger partial charge in [0.15, 0.2) is 0 Å². The number of carbonyl (C=O) groups excluding carboxylic acids is 1. The van der Waals surface area contributed by atoms with E-state index in [1.807, 2.05) is 19.2 Å². The number of carbonyl (C=O) groups is 1. The van der Waals surface area contributed by atoms with Gasteiger partial charge in [0.2, 0.25) is 0 Å². The summed E-state index contributed by atoms with van der Waals surface area (Å²) in [5.74, 6) is -0.00886. The third-order valence-electron chi connectivity index (χ3n) is 3.16. The van der Waals surface area contributed by atoms with Crippen LogP contribution in [0.4, 0.5) is 5.69 Å². The number of nitrogens with one attached hydrogen (secondary N) is 1. The van der Waals surface area contributed by atoms with Crippen molar-refractivity contribution in [2.75, 3.05) is 25.5 Å². The van der Waals surface area contributed by atoms with Crippen molar-refractivity contribution in [3.63, 3.8) is 0 Å². The highest BCUT2D eigenvalue weighted by Gasteiger charge is 2.34. The van der Waals surface area contributed by atoms with Gasteiger partial charge in [0, 0.05) is 31.4 Å². The van der Waals surface area contributed by atoms with E-state index in [0.717, 1.165) is 5.69 Å². The lowest BCUT2D eigenvalue weighted by molar-refractivity contribution is 0.0572. The fourth-order valence-electron chi connectivity index (χ4n) is 2.08. The van der Waals surface area contributed by atoms with Crippen LogP contribution in [0.3, 0.4) is 0 Å². The molecule has 1 aliphatic rings. The van der Waals surface area contributed by atoms with Crippen molar-refractivity contribution in [1.29, 1.82) is 0 Å². The Morgan fingerprint density at radius 3 is 2.53 bits per heavy atom. The van der Waals surface area contributed by atoms with E-state index in [1.54, 1.807) is 24.0 Å². The largest absolute Gasteiger partial charge is 0.388 e. The zero-order valence-electron chi connectivity index (χ0n) is 10.2. The summed E-state index contributed by atoms with van der Waals surface area (Å²) in [6.07, 6.45) is 0.646. The van der Waals surface area contributed by atoms with E-state index in [1.165, 1.54) is 0 Å². The number of hydrogen-bond donors (Lipinski definition) is 2. The van der Waals surface area contributed by atoms with Crippen molar-refractivity contribution < 1.29 is 9.90 Å². The van der Waals surface area contributed by atoms with Gasteiger partial charge in [-0.05, 0) is 37.6 Å². The van der Waals surface area contributed by atoms with E-state index in [-0.39, 0.29) is 5.91 Å². The number of rotatable bonds is 2. The highest BCUT2D eigenvalue weighted by atomic mass is 16.3. The van der Waals surface area contributed by atoms with Crippen LogP contribution in [0.5, 0.6) is 0 Å². The second-order valence-corrected chi connectivity index (χ2v) is 4.80. The topological polar surface area (TPSA) is 52.6 Å². The van der Waals surface area contributed by atoms with E-state index < -0.39 is 5.60 Å². The van der Waals surface area contributed by atoms with Crippen molar-refractivity contribution in [2.24, 2.45) is 0 Å². The Morgan fingerprint density at radius 1 is 1.41 bits per heavy atom. The maximum Gasteiger partial charge on any atom is 0.253 e. The highest BCUT2D eigenvalue weighted by Crippen LogP contribution is 2.22. The van der Waals surface area contributed by atoms with Crippen molar-refractivity contribution in [1.82, 2.24) is 4.90 Å². The van der Waals surface area contributed by atoms with Crippen LogP contribution < -0.4 is 5.32 Å². The molecule has 17 heavy (non-hydrogen) atoms. The Bertz CT molecular complexity index is 412. The summed E-state index contributed by atoms with van der Waals surface area (Å²) in [6.45, 7) is 2.81. The second kappa shape index (κ2) is 4.37. The molecule has 0 spiro atoms. The molecule has 1 saturated heterocycles. The molecule has 4 heteroatoms. The SMILES string of the molecule is CNc1ccc(C(=O)N2CCC(C)(O)C2)cc1. The molecule has 1 heterocycles. The molecule has 2 rings (SSSR count). The average Bonchev–Trinajstić information content (AvgIpc) is 2.69. The summed E-state index contributed by atoms with van der Waals surface area (Å²) in [7, 11) is 1.84. The standard InChI is InChI=1S/C13H18N2O2/c1-13(17)7-8-15(9-13)12(16)10-3-5-11(14-2)6-4-10/h3-6,14,17H,7-9H2,1-2H3. The Balaban J connectivity index is 2.09. The third-order valence-corrected chi connectivity index (χ3v) is 3.16. The van der Waals surface area contributed by atoms with Gasteiger partial charge in [-0.1, -0.05) is 0 Å². The molecule has 0 saturated carbocycles. The predicted molar refractivity (Wildman–Crippen MR) is 67.1 cm³/mol. The number of benzene rings is 1. The van der Waals surface area contributed by atoms with Crippen molar-refractivity contribution in [2.45, 2.75) is 18.9 Å². The lowest BCUT2D eigenvalue weighted by Gasteiger charge is -2.19. The third kappa shape index (κ3) is 2.58. The van der Waals surface area contributed by atoms with E-state index in [2.05, 4.69) is 5.32 Å². The molecule has 1 aromatic carbocycles. The summed E-state index contributed by atoms with van der Waals surface area (Å²) < 4.78 is 0. The Morgan fingerprint density at radius 2 is 2.06 bits per heavy atom. The summed E-state index contributed by atoms with van der Waals surface area (Å²) >= 11 is 0. The van der Waals surface area contributed by atoms with E-state index in [4.69, 9.17) is 0 Å². The van der Waals surface area contributed by atoms with Crippen molar-refractivity contribution in [3.05, 3.63) is 29.8 Å². The quantitative estimate of drug-likeness (QED) is 0.811. The van der Waals surface area contributed by atoms with E-state index in [0.29, 0.717) is 25.1 Å². The van der Waals surface area contributed by atoms with Crippen LogP contribution in [0, 0.1) is 0 Å². The van der Waals surface area contributed by atoms with Gasteiger partial charge >= 0.3 is 0 Å². The van der Waals surface area contributed by atoms with Crippen LogP contribution in [0.2, 0.25) is 0 Å². The summed E-state index contributed by atoms with van der Waals surface area (Å²) in [5, 5.41) is 12.8. The molecule has 1 unspecified atom stereocenters. The van der Waals surface area contributed by atoms with Crippen molar-refractivity contribution >= 4 is 11.6 Å². The zero-order chi connectivity index (χ0) is 12.5. The van der Waals surface area contributed by atoms with Gasteiger partial charge in [-0.15, -0.1) is 0 Å². The maximum atomic E-state index is 12.1. The molecule has 92 valence electrons. The first-order valence-corrected chi connectivity index (χ1v) is 5.81. The number of hydrogen-bond acceptors (Lipinski definition) is 3. The Kier molecular flexibility index (Phi) is 3.07. The maximum absolute atomic E-state index is 12.1. The predicted octanol–water partition coefficient (Wildman–Crippen LogP) is 1.33. The van der Waals surface area contributed by atoms with Gasteiger partial charge in [-0.25, -0.2) is 0 Å². The summed E-state index contributed by atoms with van der Waals surface area (Å²) in [6, 6.07) is 7.37. The molecule has 0 aromatic heterocycles. The monoisotopic (exact) mass is 234 g/mol. The minimum atomic E-state index is -0.736. The van der Waals surface area contributed by atoms with Crippen LogP contribution in [0.15, 0.2) is 24.3 Å². The van der Waals surface area contributed by atoms with Crippen LogP contribution in [-0.2, 0) is 0 Å². The van der Waals surface area contributed by atoms with Gasteiger partial charge in [0.25, 0.3) is 5.91 Å². The first-order chi connectivity index (χ1) is 8.02. The van der Waals surface area contributed by atoms with Crippen molar-refractivity contribution in [3.8, 4) is 0 Å². The molecule has 0 bridgehead atoms. The molecule has 0 aliphatic carbocycles. The molecule has 0 radical (unpaired) electrons. The van der Waals surface area contributed by atoms with Gasteiger partial charge in [0.1, 0.15) is 0 Å². The molecule has 1 fully saturated rings. The lowest BCUT2D eigenvalue weighted by Crippen LogP contribution is -2.33. The number of likely N-dealkylation sites (tertiary alicyclic amines) is 1. The number of aliphatic hydroxyl groups is 1. The second-order valence-electron chi connectivity index (χ2n) is 4.80. The van der Waals surface area contributed by atoms with Crippen LogP contribution in [-0.4, -0.2) is 41.7 Å². The molecule has 1 amide bonds. The molecule has 1 aliphatic heterocycles. The minimum Gasteiger partial charge on any atom is -0.388 e. The Labute approximate surface area is 101 Å². The first kappa shape index (κ1) is 11.9. The molecule has 2 N–H and O–H groups in total. The molecular weight excluding hydrogens is 216 g/mol. The average molecular weight is 234 g/mol. The fourth-order valence-corrected chi connectivity index (χ4v) is 2.08. The van der Waals surface area contributed by atoms with Crippen LogP contribution >= 0.6 is 0 Å². The molecule has 1 aromatic rings. The fraction of sp³-hybridized carbons (Fsp3) is 0.462. The van der Waals surface area contributed by atoms with Crippen LogP contribution in [0.1, 0.15) is 23.7 Å². The van der Waals surface area contributed by atoms with Gasteiger partial charge in [-0.2, -0.15) is 0 Å². The van der Waals surface area contributed by atoms with Gasteiger partial charge in [0.05, 0.1) is 5.60 Å². The van der Waals surface area contributed by atoms with E-state index >= 15 is 0 Å². The molecule has 1 atom stereocenters. The summed E-state index contributed by atoms with van der Waals surface area (Å²) in [5.41, 5.74) is 0.914.